The molecule has 0 radical (unpaired) electrons. The van der Waals surface area contributed by atoms with Crippen LogP contribution < -0.4 is 5.32 Å². The van der Waals surface area contributed by atoms with Gasteiger partial charge in [0.1, 0.15) is 12.2 Å². The summed E-state index contributed by atoms with van der Waals surface area (Å²) in [6.45, 7) is 5.99. The Bertz CT molecular complexity index is 624. The van der Waals surface area contributed by atoms with Gasteiger partial charge in [0.05, 0.1) is 19.4 Å². The number of carbonyl (C=O) groups excluding carboxylic acids is 3. The van der Waals surface area contributed by atoms with Crippen molar-refractivity contribution in [2.24, 2.45) is 5.92 Å². The summed E-state index contributed by atoms with van der Waals surface area (Å²) < 4.78 is 15.2. The van der Waals surface area contributed by atoms with E-state index in [4.69, 9.17) is 14.2 Å². The molecular weight excluding hydrogens is 362 g/mol. The number of ether oxygens (including phenoxy) is 3. The molecule has 1 atom stereocenters. The summed E-state index contributed by atoms with van der Waals surface area (Å²) in [6, 6.07) is 9.35. The van der Waals surface area contributed by atoms with Gasteiger partial charge in [0.2, 0.25) is 0 Å². The third-order valence-corrected chi connectivity index (χ3v) is 3.84. The van der Waals surface area contributed by atoms with Gasteiger partial charge in [-0.25, -0.2) is 4.79 Å². The number of nitrogens with one attached hydrogen (secondary N) is 1. The summed E-state index contributed by atoms with van der Waals surface area (Å²) >= 11 is 0. The Balaban J connectivity index is 2.33. The minimum atomic E-state index is -0.560. The average Bonchev–Trinajstić information content (AvgIpc) is 2.64. The van der Waals surface area contributed by atoms with Crippen LogP contribution >= 0.6 is 0 Å². The van der Waals surface area contributed by atoms with Crippen LogP contribution in [0.3, 0.4) is 0 Å². The first-order valence-electron chi connectivity index (χ1n) is 9.45. The molecule has 0 fully saturated rings. The van der Waals surface area contributed by atoms with Crippen molar-refractivity contribution in [1.29, 1.82) is 0 Å². The van der Waals surface area contributed by atoms with Crippen LogP contribution in [0.2, 0.25) is 0 Å². The van der Waals surface area contributed by atoms with Crippen molar-refractivity contribution in [2.75, 3.05) is 13.7 Å². The fraction of sp³-hybridized carbons (Fsp3) is 0.571. The van der Waals surface area contributed by atoms with Gasteiger partial charge in [-0.3, -0.25) is 9.59 Å². The third kappa shape index (κ3) is 10.5. The molecule has 0 bridgehead atoms. The molecule has 0 saturated carbocycles. The largest absolute Gasteiger partial charge is 0.469 e. The summed E-state index contributed by atoms with van der Waals surface area (Å²) in [5.74, 6) is -1.43. The van der Waals surface area contributed by atoms with E-state index in [0.717, 1.165) is 5.56 Å². The molecule has 0 aliphatic heterocycles. The number of methoxy groups -OCH3 is 1. The lowest BCUT2D eigenvalue weighted by Gasteiger charge is -2.19. The molecule has 0 saturated heterocycles. The first kappa shape index (κ1) is 23.5. The molecule has 0 heterocycles. The maximum atomic E-state index is 12.1. The molecule has 1 rings (SSSR count). The Hall–Kier alpha value is -2.57. The lowest BCUT2D eigenvalue weighted by Crippen LogP contribution is -2.33. The number of rotatable bonds is 10. The Kier molecular flexibility index (Phi) is 10.1. The van der Waals surface area contributed by atoms with Crippen molar-refractivity contribution in [1.82, 2.24) is 5.32 Å². The van der Waals surface area contributed by atoms with Crippen molar-refractivity contribution >= 4 is 18.0 Å². The highest BCUT2D eigenvalue weighted by molar-refractivity contribution is 5.79. The number of esters is 2. The second kappa shape index (κ2) is 12.0. The van der Waals surface area contributed by atoms with E-state index in [2.05, 4.69) is 5.32 Å². The van der Waals surface area contributed by atoms with E-state index < -0.39 is 29.6 Å². The van der Waals surface area contributed by atoms with Crippen LogP contribution in [-0.4, -0.2) is 37.3 Å². The monoisotopic (exact) mass is 393 g/mol. The van der Waals surface area contributed by atoms with Gasteiger partial charge in [-0.2, -0.15) is 0 Å². The zero-order valence-electron chi connectivity index (χ0n) is 17.2. The van der Waals surface area contributed by atoms with Gasteiger partial charge in [-0.1, -0.05) is 36.8 Å². The minimum absolute atomic E-state index is 0.0288. The summed E-state index contributed by atoms with van der Waals surface area (Å²) in [4.78, 5) is 35.6. The lowest BCUT2D eigenvalue weighted by atomic mass is 9.98. The van der Waals surface area contributed by atoms with E-state index in [1.807, 2.05) is 30.3 Å². The molecule has 0 aliphatic rings. The number of benzene rings is 1. The first-order valence-corrected chi connectivity index (χ1v) is 9.45. The highest BCUT2D eigenvalue weighted by atomic mass is 16.6. The smallest absolute Gasteiger partial charge is 0.407 e. The van der Waals surface area contributed by atoms with Crippen molar-refractivity contribution in [3.8, 4) is 0 Å². The van der Waals surface area contributed by atoms with E-state index in [9.17, 15) is 14.4 Å². The summed E-state index contributed by atoms with van der Waals surface area (Å²) in [7, 11) is 1.30. The van der Waals surface area contributed by atoms with E-state index in [0.29, 0.717) is 25.8 Å². The summed E-state index contributed by atoms with van der Waals surface area (Å²) in [6.07, 6.45) is 1.29. The van der Waals surface area contributed by atoms with Gasteiger partial charge in [-0.15, -0.1) is 0 Å². The highest BCUT2D eigenvalue weighted by Crippen LogP contribution is 2.16. The molecule has 7 heteroatoms. The van der Waals surface area contributed by atoms with Gasteiger partial charge in [0.15, 0.2) is 0 Å². The van der Waals surface area contributed by atoms with Crippen LogP contribution in [-0.2, 0) is 30.4 Å². The minimum Gasteiger partial charge on any atom is -0.469 e. The van der Waals surface area contributed by atoms with E-state index in [-0.39, 0.29) is 13.0 Å². The highest BCUT2D eigenvalue weighted by Gasteiger charge is 2.23. The quantitative estimate of drug-likeness (QED) is 0.371. The standard InChI is InChI=1S/C21H31NO6/c1-21(2,3)28-20(25)22-13-9-8-12-17(19(24)26-4)14-18(23)27-15-16-10-6-5-7-11-16/h5-7,10-11,17H,8-9,12-15H2,1-4H3,(H,22,25)/t17-/m1/s1. The van der Waals surface area contributed by atoms with E-state index in [1.54, 1.807) is 20.8 Å². The fourth-order valence-corrected chi connectivity index (χ4v) is 2.49. The summed E-state index contributed by atoms with van der Waals surface area (Å²) in [5.41, 5.74) is 0.346. The van der Waals surface area contributed by atoms with Gasteiger partial charge in [-0.05, 0) is 39.2 Å². The molecule has 7 nitrogen and oxygen atoms in total. The molecule has 1 N–H and O–H groups in total. The Labute approximate surface area is 166 Å². The molecule has 1 aromatic carbocycles. The summed E-state index contributed by atoms with van der Waals surface area (Å²) in [5, 5.41) is 2.67. The van der Waals surface area contributed by atoms with Gasteiger partial charge in [0, 0.05) is 6.54 Å². The van der Waals surface area contributed by atoms with E-state index >= 15 is 0 Å². The second-order valence-corrected chi connectivity index (χ2v) is 7.49. The number of unbranched alkanes of at least 4 members (excludes halogenated alkanes) is 1. The normalized spacial score (nSPS) is 12.0. The second-order valence-electron chi connectivity index (χ2n) is 7.49. The Morgan fingerprint density at radius 2 is 1.75 bits per heavy atom. The molecule has 156 valence electrons. The predicted molar refractivity (Wildman–Crippen MR) is 104 cm³/mol. The van der Waals surface area contributed by atoms with Crippen LogP contribution in [0.1, 0.15) is 52.0 Å². The van der Waals surface area contributed by atoms with Crippen molar-refractivity contribution in [2.45, 2.75) is 58.7 Å². The molecular formula is C21H31NO6. The lowest BCUT2D eigenvalue weighted by molar-refractivity contribution is -0.154. The predicted octanol–water partition coefficient (Wildman–Crippen LogP) is 3.60. The number of amides is 1. The third-order valence-electron chi connectivity index (χ3n) is 3.84. The van der Waals surface area contributed by atoms with Gasteiger partial charge >= 0.3 is 18.0 Å². The molecule has 0 aromatic heterocycles. The SMILES string of the molecule is COC(=O)[C@H](CCCCNC(=O)OC(C)(C)C)CC(=O)OCc1ccccc1. The molecule has 28 heavy (non-hydrogen) atoms. The van der Waals surface area contributed by atoms with Crippen LogP contribution in [0, 0.1) is 5.92 Å². The number of alkyl carbamates (subject to hydrolysis) is 1. The molecule has 0 aliphatic carbocycles. The Morgan fingerprint density at radius 1 is 1.07 bits per heavy atom. The van der Waals surface area contributed by atoms with Crippen molar-refractivity contribution in [3.63, 3.8) is 0 Å². The number of hydrogen-bond acceptors (Lipinski definition) is 6. The van der Waals surface area contributed by atoms with E-state index in [1.165, 1.54) is 7.11 Å². The van der Waals surface area contributed by atoms with Gasteiger partial charge in [0.25, 0.3) is 0 Å². The van der Waals surface area contributed by atoms with Crippen molar-refractivity contribution < 1.29 is 28.6 Å². The maximum Gasteiger partial charge on any atom is 0.407 e. The Morgan fingerprint density at radius 3 is 2.36 bits per heavy atom. The van der Waals surface area contributed by atoms with Crippen LogP contribution in [0.15, 0.2) is 30.3 Å². The number of carbonyl (C=O) groups is 3. The first-order chi connectivity index (χ1) is 13.2. The van der Waals surface area contributed by atoms with Gasteiger partial charge < -0.3 is 19.5 Å². The van der Waals surface area contributed by atoms with Crippen LogP contribution in [0.5, 0.6) is 0 Å². The molecule has 1 aromatic rings. The zero-order chi connectivity index (χ0) is 21.0. The molecule has 1 amide bonds. The zero-order valence-corrected chi connectivity index (χ0v) is 17.2. The average molecular weight is 393 g/mol. The van der Waals surface area contributed by atoms with Crippen molar-refractivity contribution in [3.05, 3.63) is 35.9 Å². The fourth-order valence-electron chi connectivity index (χ4n) is 2.49. The molecule has 0 spiro atoms. The topological polar surface area (TPSA) is 90.9 Å². The molecule has 0 unspecified atom stereocenters. The van der Waals surface area contributed by atoms with Crippen LogP contribution in [0.25, 0.3) is 0 Å². The number of hydrogen-bond donors (Lipinski definition) is 1. The maximum absolute atomic E-state index is 12.1. The van der Waals surface area contributed by atoms with Crippen LogP contribution in [0.4, 0.5) is 4.79 Å².